The molecule has 2 aromatic rings. The van der Waals surface area contributed by atoms with Crippen molar-refractivity contribution in [3.63, 3.8) is 0 Å². The fraction of sp³-hybridized carbons (Fsp3) is 0.500. The molecule has 1 aliphatic heterocycles. The van der Waals surface area contributed by atoms with Crippen LogP contribution in [0.1, 0.15) is 49.2 Å². The van der Waals surface area contributed by atoms with Gasteiger partial charge in [-0.2, -0.15) is 0 Å². The Bertz CT molecular complexity index is 591. The molecule has 4 nitrogen and oxygen atoms in total. The number of nitrogens with zero attached hydrogens (tertiary/aromatic N) is 2. The standard InChI is InChI=1S/C18H24N2O2/c1-3-5-16-12-17(19-22-16)18-6-4-11-20(18)13-14-7-9-15(21-2)10-8-14/h7-10,12,18H,3-6,11,13H2,1-2H3/t18-/m0/s1. The summed E-state index contributed by atoms with van der Waals surface area (Å²) in [5.74, 6) is 1.91. The molecule has 1 aromatic carbocycles. The van der Waals surface area contributed by atoms with Gasteiger partial charge < -0.3 is 9.26 Å². The Balaban J connectivity index is 1.69. The zero-order chi connectivity index (χ0) is 15.4. The molecule has 0 aliphatic carbocycles. The van der Waals surface area contributed by atoms with E-state index in [1.165, 1.54) is 12.0 Å². The quantitative estimate of drug-likeness (QED) is 0.809. The van der Waals surface area contributed by atoms with Crippen molar-refractivity contribution in [1.82, 2.24) is 10.1 Å². The molecule has 22 heavy (non-hydrogen) atoms. The average Bonchev–Trinajstić information content (AvgIpc) is 3.17. The van der Waals surface area contributed by atoms with Gasteiger partial charge in [-0.1, -0.05) is 24.2 Å². The third-order valence-corrected chi connectivity index (χ3v) is 4.32. The van der Waals surface area contributed by atoms with Gasteiger partial charge in [-0.05, 0) is 43.5 Å². The number of aryl methyl sites for hydroxylation is 1. The summed E-state index contributed by atoms with van der Waals surface area (Å²) >= 11 is 0. The molecule has 0 saturated carbocycles. The Kier molecular flexibility index (Phi) is 4.78. The molecule has 0 spiro atoms. The Morgan fingerprint density at radius 2 is 2.14 bits per heavy atom. The lowest BCUT2D eigenvalue weighted by Gasteiger charge is -2.22. The van der Waals surface area contributed by atoms with E-state index >= 15 is 0 Å². The van der Waals surface area contributed by atoms with Gasteiger partial charge in [-0.3, -0.25) is 4.90 Å². The molecule has 0 radical (unpaired) electrons. The normalized spacial score (nSPS) is 18.7. The summed E-state index contributed by atoms with van der Waals surface area (Å²) in [6.07, 6.45) is 4.44. The smallest absolute Gasteiger partial charge is 0.137 e. The van der Waals surface area contributed by atoms with Crippen molar-refractivity contribution in [2.24, 2.45) is 0 Å². The fourth-order valence-corrected chi connectivity index (χ4v) is 3.17. The van der Waals surface area contributed by atoms with Crippen LogP contribution in [0.15, 0.2) is 34.9 Å². The first kappa shape index (κ1) is 15.1. The second kappa shape index (κ2) is 6.97. The largest absolute Gasteiger partial charge is 0.497 e. The highest BCUT2D eigenvalue weighted by Crippen LogP contribution is 2.33. The monoisotopic (exact) mass is 300 g/mol. The molecule has 0 unspecified atom stereocenters. The van der Waals surface area contributed by atoms with Crippen molar-refractivity contribution in [2.75, 3.05) is 13.7 Å². The zero-order valence-electron chi connectivity index (χ0n) is 13.4. The summed E-state index contributed by atoms with van der Waals surface area (Å²) in [6.45, 7) is 4.23. The molecular formula is C18H24N2O2. The molecule has 1 aromatic heterocycles. The first-order valence-electron chi connectivity index (χ1n) is 8.12. The zero-order valence-corrected chi connectivity index (χ0v) is 13.4. The number of hydrogen-bond acceptors (Lipinski definition) is 4. The summed E-state index contributed by atoms with van der Waals surface area (Å²) < 4.78 is 10.7. The minimum atomic E-state index is 0.386. The van der Waals surface area contributed by atoms with Crippen LogP contribution in [0, 0.1) is 0 Å². The van der Waals surface area contributed by atoms with Gasteiger partial charge in [0, 0.05) is 19.0 Å². The number of benzene rings is 1. The van der Waals surface area contributed by atoms with Gasteiger partial charge in [-0.25, -0.2) is 0 Å². The van der Waals surface area contributed by atoms with Gasteiger partial charge in [0.15, 0.2) is 0 Å². The molecule has 118 valence electrons. The van der Waals surface area contributed by atoms with E-state index in [1.807, 2.05) is 12.1 Å². The second-order valence-electron chi connectivity index (χ2n) is 5.94. The Labute approximate surface area is 132 Å². The maximum atomic E-state index is 5.45. The minimum absolute atomic E-state index is 0.386. The van der Waals surface area contributed by atoms with Crippen molar-refractivity contribution >= 4 is 0 Å². The molecule has 0 bridgehead atoms. The van der Waals surface area contributed by atoms with Crippen LogP contribution < -0.4 is 4.74 Å². The first-order chi connectivity index (χ1) is 10.8. The second-order valence-corrected chi connectivity index (χ2v) is 5.94. The molecule has 2 heterocycles. The van der Waals surface area contributed by atoms with Gasteiger partial charge in [0.2, 0.25) is 0 Å². The lowest BCUT2D eigenvalue weighted by molar-refractivity contribution is 0.236. The van der Waals surface area contributed by atoms with Crippen molar-refractivity contribution < 1.29 is 9.26 Å². The van der Waals surface area contributed by atoms with E-state index in [0.29, 0.717) is 6.04 Å². The van der Waals surface area contributed by atoms with Crippen LogP contribution in [0.25, 0.3) is 0 Å². The molecule has 1 fully saturated rings. The molecule has 3 rings (SSSR count). The lowest BCUT2D eigenvalue weighted by Crippen LogP contribution is -2.22. The summed E-state index contributed by atoms with van der Waals surface area (Å²) in [7, 11) is 1.70. The van der Waals surface area contributed by atoms with E-state index in [9.17, 15) is 0 Å². The van der Waals surface area contributed by atoms with Crippen LogP contribution in [0.5, 0.6) is 5.75 Å². The maximum absolute atomic E-state index is 5.45. The summed E-state index contributed by atoms with van der Waals surface area (Å²) in [5.41, 5.74) is 2.40. The number of likely N-dealkylation sites (tertiary alicyclic amines) is 1. The fourth-order valence-electron chi connectivity index (χ4n) is 3.17. The molecule has 1 saturated heterocycles. The topological polar surface area (TPSA) is 38.5 Å². The molecule has 1 aliphatic rings. The van der Waals surface area contributed by atoms with E-state index in [2.05, 4.69) is 35.2 Å². The van der Waals surface area contributed by atoms with Gasteiger partial charge >= 0.3 is 0 Å². The van der Waals surface area contributed by atoms with E-state index in [1.54, 1.807) is 7.11 Å². The molecule has 0 amide bonds. The van der Waals surface area contributed by atoms with Crippen LogP contribution in [-0.2, 0) is 13.0 Å². The van der Waals surface area contributed by atoms with E-state index in [4.69, 9.17) is 9.26 Å². The van der Waals surface area contributed by atoms with Gasteiger partial charge in [0.05, 0.1) is 13.2 Å². The summed E-state index contributed by atoms with van der Waals surface area (Å²) in [6, 6.07) is 10.8. The first-order valence-corrected chi connectivity index (χ1v) is 8.12. The van der Waals surface area contributed by atoms with Crippen molar-refractivity contribution in [1.29, 1.82) is 0 Å². The average molecular weight is 300 g/mol. The van der Waals surface area contributed by atoms with Crippen molar-refractivity contribution in [2.45, 2.75) is 45.2 Å². The van der Waals surface area contributed by atoms with E-state index in [-0.39, 0.29) is 0 Å². The number of ether oxygens (including phenoxy) is 1. The van der Waals surface area contributed by atoms with Crippen LogP contribution in [-0.4, -0.2) is 23.7 Å². The van der Waals surface area contributed by atoms with E-state index < -0.39 is 0 Å². The molecule has 1 atom stereocenters. The minimum Gasteiger partial charge on any atom is -0.497 e. The predicted molar refractivity (Wildman–Crippen MR) is 85.9 cm³/mol. The maximum Gasteiger partial charge on any atom is 0.137 e. The van der Waals surface area contributed by atoms with Gasteiger partial charge in [0.1, 0.15) is 17.2 Å². The van der Waals surface area contributed by atoms with Crippen LogP contribution in [0.3, 0.4) is 0 Å². The molecule has 4 heteroatoms. The van der Waals surface area contributed by atoms with Crippen LogP contribution in [0.2, 0.25) is 0 Å². The summed E-state index contributed by atoms with van der Waals surface area (Å²) in [4.78, 5) is 2.50. The van der Waals surface area contributed by atoms with Crippen LogP contribution in [0.4, 0.5) is 0 Å². The Hall–Kier alpha value is -1.81. The highest BCUT2D eigenvalue weighted by atomic mass is 16.5. The number of methoxy groups -OCH3 is 1. The molecule has 0 N–H and O–H groups in total. The number of aromatic nitrogens is 1. The third kappa shape index (κ3) is 3.33. The Morgan fingerprint density at radius 1 is 1.32 bits per heavy atom. The highest BCUT2D eigenvalue weighted by Gasteiger charge is 2.28. The Morgan fingerprint density at radius 3 is 2.86 bits per heavy atom. The summed E-state index contributed by atoms with van der Waals surface area (Å²) in [5, 5.41) is 4.30. The third-order valence-electron chi connectivity index (χ3n) is 4.32. The van der Waals surface area contributed by atoms with Crippen LogP contribution >= 0.6 is 0 Å². The van der Waals surface area contributed by atoms with Crippen molar-refractivity contribution in [3.05, 3.63) is 47.3 Å². The van der Waals surface area contributed by atoms with Crippen molar-refractivity contribution in [3.8, 4) is 5.75 Å². The SMILES string of the molecule is CCCc1cc([C@@H]2CCCN2Cc2ccc(OC)cc2)no1. The highest BCUT2D eigenvalue weighted by molar-refractivity contribution is 5.27. The number of hydrogen-bond donors (Lipinski definition) is 0. The number of rotatable bonds is 6. The van der Waals surface area contributed by atoms with E-state index in [0.717, 1.165) is 49.6 Å². The predicted octanol–water partition coefficient (Wildman–Crippen LogP) is 3.97. The van der Waals surface area contributed by atoms with Gasteiger partial charge in [-0.15, -0.1) is 0 Å². The van der Waals surface area contributed by atoms with Gasteiger partial charge in [0.25, 0.3) is 0 Å². The molecular weight excluding hydrogens is 276 g/mol. The lowest BCUT2D eigenvalue weighted by atomic mass is 10.1.